The number of rotatable bonds is 3. The highest BCUT2D eigenvalue weighted by atomic mass is 32.1. The molecule has 0 saturated carbocycles. The van der Waals surface area contributed by atoms with Gasteiger partial charge >= 0.3 is 5.97 Å². The molecule has 1 aromatic carbocycles. The van der Waals surface area contributed by atoms with Gasteiger partial charge in [-0.15, -0.1) is 11.3 Å². The molecule has 3 rings (SSSR count). The Hall–Kier alpha value is -1.95. The molecule has 1 fully saturated rings. The van der Waals surface area contributed by atoms with Crippen molar-refractivity contribution in [2.45, 2.75) is 19.8 Å². The van der Waals surface area contributed by atoms with Gasteiger partial charge < -0.3 is 9.64 Å². The number of ether oxygens (including phenoxy) is 1. The predicted octanol–water partition coefficient (Wildman–Crippen LogP) is 3.46. The molecule has 1 aliphatic rings. The number of nitrogens with zero attached hydrogens (tertiary/aromatic N) is 1. The SMILES string of the molecule is CC1CCN(C(=O)COC(=O)c2cc3c(F)cccc3s2)CC1. The van der Waals surface area contributed by atoms with E-state index in [-0.39, 0.29) is 18.3 Å². The van der Waals surface area contributed by atoms with E-state index in [4.69, 9.17) is 4.74 Å². The lowest BCUT2D eigenvalue weighted by atomic mass is 9.99. The summed E-state index contributed by atoms with van der Waals surface area (Å²) in [6.07, 6.45) is 1.96. The summed E-state index contributed by atoms with van der Waals surface area (Å²) >= 11 is 1.17. The standard InChI is InChI=1S/C17H18FNO3S/c1-11-5-7-19(8-6-11)16(20)10-22-17(21)15-9-12-13(18)3-2-4-14(12)23-15/h2-4,9,11H,5-8,10H2,1H3. The van der Waals surface area contributed by atoms with Crippen molar-refractivity contribution >= 4 is 33.3 Å². The smallest absolute Gasteiger partial charge is 0.348 e. The van der Waals surface area contributed by atoms with E-state index in [9.17, 15) is 14.0 Å². The summed E-state index contributed by atoms with van der Waals surface area (Å²) in [7, 11) is 0. The van der Waals surface area contributed by atoms with Gasteiger partial charge in [-0.3, -0.25) is 4.79 Å². The molecule has 1 amide bonds. The maximum Gasteiger partial charge on any atom is 0.348 e. The Kier molecular flexibility index (Phi) is 4.61. The Balaban J connectivity index is 1.60. The van der Waals surface area contributed by atoms with Gasteiger partial charge in [0.15, 0.2) is 6.61 Å². The lowest BCUT2D eigenvalue weighted by molar-refractivity contribution is -0.135. The van der Waals surface area contributed by atoms with Gasteiger partial charge in [0.05, 0.1) is 0 Å². The van der Waals surface area contributed by atoms with Gasteiger partial charge in [0.1, 0.15) is 10.7 Å². The first kappa shape index (κ1) is 15.9. The van der Waals surface area contributed by atoms with Crippen molar-refractivity contribution in [3.8, 4) is 0 Å². The van der Waals surface area contributed by atoms with Crippen LogP contribution in [-0.4, -0.2) is 36.5 Å². The van der Waals surface area contributed by atoms with E-state index in [0.29, 0.717) is 34.0 Å². The summed E-state index contributed by atoms with van der Waals surface area (Å²) in [6, 6.07) is 6.18. The van der Waals surface area contributed by atoms with Crippen molar-refractivity contribution in [3.63, 3.8) is 0 Å². The van der Waals surface area contributed by atoms with Crippen molar-refractivity contribution in [3.05, 3.63) is 35.0 Å². The van der Waals surface area contributed by atoms with Crippen LogP contribution >= 0.6 is 11.3 Å². The van der Waals surface area contributed by atoms with E-state index < -0.39 is 5.97 Å². The zero-order chi connectivity index (χ0) is 16.4. The Bertz CT molecular complexity index is 735. The van der Waals surface area contributed by atoms with Crippen molar-refractivity contribution in [2.24, 2.45) is 5.92 Å². The summed E-state index contributed by atoms with van der Waals surface area (Å²) in [4.78, 5) is 26.2. The zero-order valence-electron chi connectivity index (χ0n) is 12.9. The molecule has 122 valence electrons. The van der Waals surface area contributed by atoms with Crippen LogP contribution in [-0.2, 0) is 9.53 Å². The highest BCUT2D eigenvalue weighted by molar-refractivity contribution is 7.20. The normalized spacial score (nSPS) is 15.8. The average Bonchev–Trinajstić information content (AvgIpc) is 2.99. The Morgan fingerprint density at radius 1 is 1.35 bits per heavy atom. The minimum atomic E-state index is -0.579. The lowest BCUT2D eigenvalue weighted by Crippen LogP contribution is -2.40. The number of carbonyl (C=O) groups is 2. The number of amides is 1. The molecule has 0 aliphatic carbocycles. The zero-order valence-corrected chi connectivity index (χ0v) is 13.7. The van der Waals surface area contributed by atoms with E-state index in [2.05, 4.69) is 6.92 Å². The third kappa shape index (κ3) is 3.52. The van der Waals surface area contributed by atoms with Crippen LogP contribution in [0, 0.1) is 11.7 Å². The molecule has 1 saturated heterocycles. The first-order chi connectivity index (χ1) is 11.0. The van der Waals surface area contributed by atoms with Crippen LogP contribution in [0.25, 0.3) is 10.1 Å². The van der Waals surface area contributed by atoms with Crippen molar-refractivity contribution in [1.82, 2.24) is 4.90 Å². The first-order valence-electron chi connectivity index (χ1n) is 7.67. The maximum atomic E-state index is 13.6. The molecular formula is C17H18FNO3S. The van der Waals surface area contributed by atoms with Gasteiger partial charge in [0, 0.05) is 23.2 Å². The molecule has 23 heavy (non-hydrogen) atoms. The fourth-order valence-corrected chi connectivity index (χ4v) is 3.64. The molecule has 0 N–H and O–H groups in total. The summed E-state index contributed by atoms with van der Waals surface area (Å²) in [5, 5.41) is 0.404. The van der Waals surface area contributed by atoms with Gasteiger partial charge in [-0.05, 0) is 37.0 Å². The molecule has 1 aromatic heterocycles. The monoisotopic (exact) mass is 335 g/mol. The van der Waals surface area contributed by atoms with E-state index in [1.54, 1.807) is 17.0 Å². The van der Waals surface area contributed by atoms with Gasteiger partial charge in [-0.25, -0.2) is 9.18 Å². The van der Waals surface area contributed by atoms with Gasteiger partial charge in [0.25, 0.3) is 5.91 Å². The molecule has 0 unspecified atom stereocenters. The molecule has 6 heteroatoms. The van der Waals surface area contributed by atoms with Crippen LogP contribution in [0.4, 0.5) is 4.39 Å². The largest absolute Gasteiger partial charge is 0.451 e. The minimum Gasteiger partial charge on any atom is -0.451 e. The van der Waals surface area contributed by atoms with Crippen LogP contribution in [0.15, 0.2) is 24.3 Å². The van der Waals surface area contributed by atoms with E-state index in [1.807, 2.05) is 0 Å². The average molecular weight is 335 g/mol. The third-order valence-corrected chi connectivity index (χ3v) is 5.25. The summed E-state index contributed by atoms with van der Waals surface area (Å²) < 4.78 is 19.4. The van der Waals surface area contributed by atoms with Gasteiger partial charge in [-0.1, -0.05) is 13.0 Å². The second kappa shape index (κ2) is 6.66. The quantitative estimate of drug-likeness (QED) is 0.807. The van der Waals surface area contributed by atoms with Crippen LogP contribution in [0.2, 0.25) is 0 Å². The third-order valence-electron chi connectivity index (χ3n) is 4.17. The number of likely N-dealkylation sites (tertiary alicyclic amines) is 1. The lowest BCUT2D eigenvalue weighted by Gasteiger charge is -2.30. The predicted molar refractivity (Wildman–Crippen MR) is 87.0 cm³/mol. The molecular weight excluding hydrogens is 317 g/mol. The van der Waals surface area contributed by atoms with Crippen molar-refractivity contribution in [2.75, 3.05) is 19.7 Å². The fourth-order valence-electron chi connectivity index (χ4n) is 2.67. The molecule has 0 bridgehead atoms. The van der Waals surface area contributed by atoms with Gasteiger partial charge in [-0.2, -0.15) is 0 Å². The van der Waals surface area contributed by atoms with Crippen LogP contribution in [0.3, 0.4) is 0 Å². The summed E-state index contributed by atoms with van der Waals surface area (Å²) in [6.45, 7) is 3.34. The molecule has 0 spiro atoms. The number of esters is 1. The number of carbonyl (C=O) groups excluding carboxylic acids is 2. The minimum absolute atomic E-state index is 0.169. The molecule has 4 nitrogen and oxygen atoms in total. The molecule has 2 aromatic rings. The van der Waals surface area contributed by atoms with Crippen LogP contribution < -0.4 is 0 Å². The topological polar surface area (TPSA) is 46.6 Å². The molecule has 2 heterocycles. The second-order valence-corrected chi connectivity index (χ2v) is 6.99. The molecule has 0 radical (unpaired) electrons. The number of hydrogen-bond donors (Lipinski definition) is 0. The van der Waals surface area contributed by atoms with Crippen molar-refractivity contribution < 1.29 is 18.7 Å². The second-order valence-electron chi connectivity index (χ2n) is 5.90. The first-order valence-corrected chi connectivity index (χ1v) is 8.49. The van der Waals surface area contributed by atoms with Gasteiger partial charge in [0.2, 0.25) is 0 Å². The Labute approximate surface area is 137 Å². The molecule has 0 atom stereocenters. The summed E-state index contributed by atoms with van der Waals surface area (Å²) in [5.41, 5.74) is 0. The number of hydrogen-bond acceptors (Lipinski definition) is 4. The van der Waals surface area contributed by atoms with E-state index >= 15 is 0 Å². The Morgan fingerprint density at radius 3 is 2.78 bits per heavy atom. The summed E-state index contributed by atoms with van der Waals surface area (Å²) in [5.74, 6) is -0.478. The van der Waals surface area contributed by atoms with Crippen molar-refractivity contribution in [1.29, 1.82) is 0 Å². The van der Waals surface area contributed by atoms with E-state index in [0.717, 1.165) is 12.8 Å². The van der Waals surface area contributed by atoms with Crippen LogP contribution in [0.5, 0.6) is 0 Å². The number of halogens is 1. The maximum absolute atomic E-state index is 13.6. The number of piperidine rings is 1. The number of benzene rings is 1. The van der Waals surface area contributed by atoms with Crippen LogP contribution in [0.1, 0.15) is 29.4 Å². The number of thiophene rings is 1. The highest BCUT2D eigenvalue weighted by Crippen LogP contribution is 2.28. The molecule has 1 aliphatic heterocycles. The Morgan fingerprint density at radius 2 is 2.09 bits per heavy atom. The fraction of sp³-hybridized carbons (Fsp3) is 0.412. The number of fused-ring (bicyclic) bond motifs is 1. The van der Waals surface area contributed by atoms with E-state index in [1.165, 1.54) is 23.5 Å². The highest BCUT2D eigenvalue weighted by Gasteiger charge is 2.22.